The maximum atomic E-state index is 11.4. The SMILES string of the molecule is CCCC(CCNC)C(=O)C(C)=O. The average Bonchev–Trinajstić information content (AvgIpc) is 2.11. The summed E-state index contributed by atoms with van der Waals surface area (Å²) in [6.07, 6.45) is 2.54. The van der Waals surface area contributed by atoms with Gasteiger partial charge in [0.2, 0.25) is 5.78 Å². The lowest BCUT2D eigenvalue weighted by molar-refractivity contribution is -0.138. The van der Waals surface area contributed by atoms with Crippen LogP contribution in [0.15, 0.2) is 0 Å². The summed E-state index contributed by atoms with van der Waals surface area (Å²) in [5.74, 6) is -0.596. The fraction of sp³-hybridized carbons (Fsp3) is 0.800. The summed E-state index contributed by atoms with van der Waals surface area (Å²) in [5.41, 5.74) is 0. The van der Waals surface area contributed by atoms with E-state index in [-0.39, 0.29) is 17.5 Å². The van der Waals surface area contributed by atoms with Gasteiger partial charge in [-0.05, 0) is 26.4 Å². The summed E-state index contributed by atoms with van der Waals surface area (Å²) in [7, 11) is 1.85. The summed E-state index contributed by atoms with van der Waals surface area (Å²) in [6, 6.07) is 0. The van der Waals surface area contributed by atoms with Crippen LogP contribution in [0.5, 0.6) is 0 Å². The highest BCUT2D eigenvalue weighted by Gasteiger charge is 2.20. The van der Waals surface area contributed by atoms with Gasteiger partial charge in [-0.1, -0.05) is 13.3 Å². The van der Waals surface area contributed by atoms with E-state index in [2.05, 4.69) is 5.32 Å². The van der Waals surface area contributed by atoms with Crippen LogP contribution in [0.1, 0.15) is 33.1 Å². The van der Waals surface area contributed by atoms with E-state index in [1.54, 1.807) is 0 Å². The Kier molecular flexibility index (Phi) is 6.41. The standard InChI is InChI=1S/C10H19NO2/c1-4-5-9(6-7-11-3)10(13)8(2)12/h9,11H,4-7H2,1-3H3. The predicted octanol–water partition coefficient (Wildman–Crippen LogP) is 1.17. The number of hydrogen-bond acceptors (Lipinski definition) is 3. The molecule has 0 saturated carbocycles. The van der Waals surface area contributed by atoms with Gasteiger partial charge in [0, 0.05) is 12.8 Å². The van der Waals surface area contributed by atoms with Crippen LogP contribution in [-0.4, -0.2) is 25.2 Å². The van der Waals surface area contributed by atoms with Crippen molar-refractivity contribution in [1.29, 1.82) is 0 Å². The Bertz CT molecular complexity index is 178. The molecule has 0 heterocycles. The van der Waals surface area contributed by atoms with Crippen molar-refractivity contribution in [2.45, 2.75) is 33.1 Å². The molecular formula is C10H19NO2. The smallest absolute Gasteiger partial charge is 0.201 e. The molecule has 0 aromatic rings. The Labute approximate surface area is 79.9 Å². The number of carbonyl (C=O) groups is 2. The van der Waals surface area contributed by atoms with Crippen molar-refractivity contribution < 1.29 is 9.59 Å². The van der Waals surface area contributed by atoms with Crippen LogP contribution in [-0.2, 0) is 9.59 Å². The van der Waals surface area contributed by atoms with Crippen LogP contribution >= 0.6 is 0 Å². The highest BCUT2D eigenvalue weighted by atomic mass is 16.2. The molecule has 0 aliphatic heterocycles. The highest BCUT2D eigenvalue weighted by Crippen LogP contribution is 2.12. The van der Waals surface area contributed by atoms with E-state index in [4.69, 9.17) is 0 Å². The molecule has 0 fully saturated rings. The third-order valence-corrected chi connectivity index (χ3v) is 2.10. The Morgan fingerprint density at radius 3 is 2.31 bits per heavy atom. The number of nitrogens with one attached hydrogen (secondary N) is 1. The summed E-state index contributed by atoms with van der Waals surface area (Å²) in [4.78, 5) is 22.2. The normalized spacial score (nSPS) is 12.5. The lowest BCUT2D eigenvalue weighted by Crippen LogP contribution is -2.24. The summed E-state index contributed by atoms with van der Waals surface area (Å²) in [6.45, 7) is 4.17. The second-order valence-corrected chi connectivity index (χ2v) is 3.30. The molecule has 1 N–H and O–H groups in total. The zero-order valence-corrected chi connectivity index (χ0v) is 8.72. The highest BCUT2D eigenvalue weighted by molar-refractivity contribution is 6.37. The molecule has 1 unspecified atom stereocenters. The van der Waals surface area contributed by atoms with Crippen molar-refractivity contribution in [2.75, 3.05) is 13.6 Å². The fourth-order valence-electron chi connectivity index (χ4n) is 1.36. The lowest BCUT2D eigenvalue weighted by Gasteiger charge is -2.12. The Balaban J connectivity index is 4.06. The van der Waals surface area contributed by atoms with Crippen molar-refractivity contribution in [3.8, 4) is 0 Å². The molecule has 0 saturated heterocycles. The topological polar surface area (TPSA) is 46.2 Å². The van der Waals surface area contributed by atoms with Gasteiger partial charge in [-0.3, -0.25) is 9.59 Å². The van der Waals surface area contributed by atoms with Crippen LogP contribution in [0, 0.1) is 5.92 Å². The molecule has 0 aliphatic rings. The number of ketones is 2. The number of carbonyl (C=O) groups excluding carboxylic acids is 2. The first kappa shape index (κ1) is 12.3. The molecule has 3 heteroatoms. The minimum Gasteiger partial charge on any atom is -0.320 e. The van der Waals surface area contributed by atoms with Gasteiger partial charge in [-0.15, -0.1) is 0 Å². The quantitative estimate of drug-likeness (QED) is 0.606. The minimum absolute atomic E-state index is 0.0741. The average molecular weight is 185 g/mol. The molecule has 3 nitrogen and oxygen atoms in total. The van der Waals surface area contributed by atoms with E-state index in [1.165, 1.54) is 6.92 Å². The molecule has 0 spiro atoms. The third-order valence-electron chi connectivity index (χ3n) is 2.10. The predicted molar refractivity (Wildman–Crippen MR) is 52.6 cm³/mol. The van der Waals surface area contributed by atoms with Gasteiger partial charge in [0.25, 0.3) is 0 Å². The minimum atomic E-state index is -0.311. The second kappa shape index (κ2) is 6.78. The largest absolute Gasteiger partial charge is 0.320 e. The summed E-state index contributed by atoms with van der Waals surface area (Å²) < 4.78 is 0. The molecule has 13 heavy (non-hydrogen) atoms. The molecule has 76 valence electrons. The first-order chi connectivity index (χ1) is 6.13. The van der Waals surface area contributed by atoms with Crippen LogP contribution < -0.4 is 5.32 Å². The van der Waals surface area contributed by atoms with Crippen molar-refractivity contribution in [1.82, 2.24) is 5.32 Å². The summed E-state index contributed by atoms with van der Waals surface area (Å²) in [5, 5.41) is 2.99. The lowest BCUT2D eigenvalue weighted by atomic mass is 9.93. The molecule has 0 aliphatic carbocycles. The fourth-order valence-corrected chi connectivity index (χ4v) is 1.36. The number of rotatable bonds is 7. The van der Waals surface area contributed by atoms with Gasteiger partial charge in [-0.25, -0.2) is 0 Å². The first-order valence-corrected chi connectivity index (χ1v) is 4.82. The van der Waals surface area contributed by atoms with E-state index < -0.39 is 0 Å². The Hall–Kier alpha value is -0.700. The molecule has 0 aromatic heterocycles. The molecule has 0 rings (SSSR count). The number of hydrogen-bond donors (Lipinski definition) is 1. The molecular weight excluding hydrogens is 166 g/mol. The van der Waals surface area contributed by atoms with Crippen LogP contribution in [0.2, 0.25) is 0 Å². The van der Waals surface area contributed by atoms with Crippen molar-refractivity contribution in [2.24, 2.45) is 5.92 Å². The zero-order valence-electron chi connectivity index (χ0n) is 8.72. The third kappa shape index (κ3) is 4.78. The zero-order chi connectivity index (χ0) is 10.3. The summed E-state index contributed by atoms with van der Waals surface area (Å²) >= 11 is 0. The van der Waals surface area contributed by atoms with Gasteiger partial charge in [0.05, 0.1) is 0 Å². The Morgan fingerprint density at radius 2 is 1.92 bits per heavy atom. The maximum absolute atomic E-state index is 11.4. The van der Waals surface area contributed by atoms with Gasteiger partial charge in [-0.2, -0.15) is 0 Å². The van der Waals surface area contributed by atoms with Crippen molar-refractivity contribution in [3.05, 3.63) is 0 Å². The second-order valence-electron chi connectivity index (χ2n) is 3.30. The molecule has 0 radical (unpaired) electrons. The molecule has 0 aromatic carbocycles. The van der Waals surface area contributed by atoms with E-state index >= 15 is 0 Å². The molecule has 0 amide bonds. The maximum Gasteiger partial charge on any atom is 0.201 e. The number of Topliss-reactive ketones (excluding diaryl/α,β-unsaturated/α-hetero) is 2. The first-order valence-electron chi connectivity index (χ1n) is 4.82. The van der Waals surface area contributed by atoms with Crippen molar-refractivity contribution >= 4 is 11.6 Å². The Morgan fingerprint density at radius 1 is 1.31 bits per heavy atom. The molecule has 1 atom stereocenters. The van der Waals surface area contributed by atoms with Gasteiger partial charge in [0.15, 0.2) is 5.78 Å². The van der Waals surface area contributed by atoms with Gasteiger partial charge >= 0.3 is 0 Å². The van der Waals surface area contributed by atoms with Gasteiger partial charge in [0.1, 0.15) is 0 Å². The van der Waals surface area contributed by atoms with E-state index in [0.717, 1.165) is 25.8 Å². The van der Waals surface area contributed by atoms with Crippen molar-refractivity contribution in [3.63, 3.8) is 0 Å². The van der Waals surface area contributed by atoms with E-state index in [0.29, 0.717) is 0 Å². The van der Waals surface area contributed by atoms with Gasteiger partial charge < -0.3 is 5.32 Å². The monoisotopic (exact) mass is 185 g/mol. The van der Waals surface area contributed by atoms with Crippen LogP contribution in [0.3, 0.4) is 0 Å². The van der Waals surface area contributed by atoms with E-state index in [9.17, 15) is 9.59 Å². The van der Waals surface area contributed by atoms with Crippen LogP contribution in [0.25, 0.3) is 0 Å². The molecule has 0 bridgehead atoms. The van der Waals surface area contributed by atoms with E-state index in [1.807, 2.05) is 14.0 Å². The van der Waals surface area contributed by atoms with Crippen LogP contribution in [0.4, 0.5) is 0 Å².